The van der Waals surface area contributed by atoms with Crippen LogP contribution in [0.25, 0.3) is 0 Å². The maximum atomic E-state index is 11.4. The predicted octanol–water partition coefficient (Wildman–Crippen LogP) is -1.51. The fourth-order valence-corrected chi connectivity index (χ4v) is 2.76. The molecule has 1 aliphatic rings. The van der Waals surface area contributed by atoms with Gasteiger partial charge in [-0.2, -0.15) is 4.31 Å². The van der Waals surface area contributed by atoms with Crippen LogP contribution in [0.4, 0.5) is 0 Å². The summed E-state index contributed by atoms with van der Waals surface area (Å²) in [6.45, 7) is 0.913. The van der Waals surface area contributed by atoms with Crippen LogP contribution in [-0.2, 0) is 14.8 Å². The summed E-state index contributed by atoms with van der Waals surface area (Å²) in [6, 6.07) is -0.573. The number of carboxylic acid groups (broad SMARTS) is 1. The molecule has 0 bridgehead atoms. The van der Waals surface area contributed by atoms with Crippen molar-refractivity contribution in [2.45, 2.75) is 12.5 Å². The molecule has 1 heterocycles. The Hall–Kier alpha value is -0.595. The highest BCUT2D eigenvalue weighted by Crippen LogP contribution is 2.14. The minimum atomic E-state index is -3.36. The van der Waals surface area contributed by atoms with Gasteiger partial charge in [-0.15, -0.1) is 0 Å². The van der Waals surface area contributed by atoms with Gasteiger partial charge >= 0.3 is 5.97 Å². The van der Waals surface area contributed by atoms with E-state index >= 15 is 0 Å². The number of carbonyl (C=O) groups is 1. The van der Waals surface area contributed by atoms with Crippen LogP contribution in [0.3, 0.4) is 0 Å². The van der Waals surface area contributed by atoms with Crippen molar-refractivity contribution in [2.24, 2.45) is 0 Å². The Labute approximate surface area is 90.3 Å². The van der Waals surface area contributed by atoms with Crippen molar-refractivity contribution in [1.82, 2.24) is 9.12 Å². The zero-order valence-electron chi connectivity index (χ0n) is 8.46. The highest BCUT2D eigenvalue weighted by Gasteiger charge is 2.32. The van der Waals surface area contributed by atoms with Crippen molar-refractivity contribution in [1.29, 1.82) is 0 Å². The summed E-state index contributed by atoms with van der Waals surface area (Å²) >= 11 is 0. The summed E-state index contributed by atoms with van der Waals surface area (Å²) in [5.74, 6) is -1.02. The SMILES string of the molecule is [B]N1CCN(S(C)(=O)=O)C(CC(=O)O)C1. The molecule has 1 atom stereocenters. The second-order valence-electron chi connectivity index (χ2n) is 3.62. The fourth-order valence-electron chi connectivity index (χ4n) is 1.67. The summed E-state index contributed by atoms with van der Waals surface area (Å²) in [6.07, 6.45) is 0.856. The quantitative estimate of drug-likeness (QED) is 0.598. The van der Waals surface area contributed by atoms with Crippen molar-refractivity contribution < 1.29 is 18.3 Å². The van der Waals surface area contributed by atoms with Gasteiger partial charge in [-0.05, 0) is 0 Å². The Bertz CT molecular complexity index is 345. The first-order valence-corrected chi connectivity index (χ1v) is 6.34. The monoisotopic (exact) mass is 232 g/mol. The van der Waals surface area contributed by atoms with E-state index in [1.165, 1.54) is 9.12 Å². The number of piperazine rings is 1. The zero-order chi connectivity index (χ0) is 11.6. The number of carboxylic acids is 1. The van der Waals surface area contributed by atoms with E-state index in [1.54, 1.807) is 0 Å². The molecular formula is C7H13BN2O4S. The predicted molar refractivity (Wildman–Crippen MR) is 54.9 cm³/mol. The molecule has 0 aromatic heterocycles. The molecule has 2 radical (unpaired) electrons. The number of nitrogens with zero attached hydrogens (tertiary/aromatic N) is 2. The molecule has 84 valence electrons. The lowest BCUT2D eigenvalue weighted by molar-refractivity contribution is -0.138. The number of aliphatic carboxylic acids is 1. The molecular weight excluding hydrogens is 219 g/mol. The van der Waals surface area contributed by atoms with Gasteiger partial charge < -0.3 is 9.92 Å². The van der Waals surface area contributed by atoms with E-state index in [1.807, 2.05) is 0 Å². The van der Waals surface area contributed by atoms with Crippen LogP contribution in [0, 0.1) is 0 Å². The Morgan fingerprint density at radius 1 is 1.53 bits per heavy atom. The standard InChI is InChI=1S/C7H13BN2O4S/c1-15(13,14)10-3-2-9(8)5-6(10)4-7(11)12/h6H,2-5H2,1H3,(H,11,12). The molecule has 0 aromatic rings. The second kappa shape index (κ2) is 4.50. The molecule has 1 saturated heterocycles. The first-order chi connectivity index (χ1) is 6.80. The van der Waals surface area contributed by atoms with Gasteiger partial charge in [0.1, 0.15) is 0 Å². The first kappa shape index (κ1) is 12.5. The topological polar surface area (TPSA) is 77.9 Å². The molecule has 0 aliphatic carbocycles. The van der Waals surface area contributed by atoms with Crippen molar-refractivity contribution in [3.63, 3.8) is 0 Å². The van der Waals surface area contributed by atoms with Crippen LogP contribution in [-0.4, -0.2) is 68.5 Å². The third kappa shape index (κ3) is 3.47. The molecule has 0 spiro atoms. The summed E-state index contributed by atoms with van der Waals surface area (Å²) in [5.41, 5.74) is 0. The molecule has 0 aromatic carbocycles. The van der Waals surface area contributed by atoms with Crippen molar-refractivity contribution in [3.8, 4) is 0 Å². The molecule has 6 nitrogen and oxygen atoms in total. The van der Waals surface area contributed by atoms with Gasteiger partial charge in [0.2, 0.25) is 10.0 Å². The van der Waals surface area contributed by atoms with E-state index in [-0.39, 0.29) is 19.5 Å². The second-order valence-corrected chi connectivity index (χ2v) is 5.56. The molecule has 1 fully saturated rings. The summed E-state index contributed by atoms with van der Waals surface area (Å²) in [5, 5.41) is 8.65. The number of sulfonamides is 1. The Balaban J connectivity index is 2.80. The van der Waals surface area contributed by atoms with E-state index in [2.05, 4.69) is 0 Å². The third-order valence-electron chi connectivity index (χ3n) is 2.30. The van der Waals surface area contributed by atoms with Gasteiger partial charge in [-0.25, -0.2) is 8.42 Å². The number of rotatable bonds is 3. The smallest absolute Gasteiger partial charge is 0.305 e. The zero-order valence-corrected chi connectivity index (χ0v) is 9.27. The van der Waals surface area contributed by atoms with Crippen molar-refractivity contribution >= 4 is 24.0 Å². The van der Waals surface area contributed by atoms with E-state index in [0.717, 1.165) is 6.26 Å². The van der Waals surface area contributed by atoms with Crippen LogP contribution < -0.4 is 0 Å². The average Bonchev–Trinajstić information content (AvgIpc) is 1.99. The van der Waals surface area contributed by atoms with Crippen LogP contribution in [0.1, 0.15) is 6.42 Å². The normalized spacial score (nSPS) is 25.3. The van der Waals surface area contributed by atoms with Crippen LogP contribution in [0.15, 0.2) is 0 Å². The Morgan fingerprint density at radius 3 is 2.60 bits per heavy atom. The van der Waals surface area contributed by atoms with Gasteiger partial charge in [-0.3, -0.25) is 4.79 Å². The fraction of sp³-hybridized carbons (Fsp3) is 0.857. The van der Waals surface area contributed by atoms with Gasteiger partial charge in [-0.1, -0.05) is 0 Å². The molecule has 1 unspecified atom stereocenters. The van der Waals surface area contributed by atoms with Crippen molar-refractivity contribution in [2.75, 3.05) is 25.9 Å². The van der Waals surface area contributed by atoms with Crippen molar-refractivity contribution in [3.05, 3.63) is 0 Å². The van der Waals surface area contributed by atoms with E-state index < -0.39 is 22.0 Å². The highest BCUT2D eigenvalue weighted by atomic mass is 32.2. The van der Waals surface area contributed by atoms with Gasteiger partial charge in [0.05, 0.1) is 12.7 Å². The molecule has 15 heavy (non-hydrogen) atoms. The first-order valence-electron chi connectivity index (χ1n) is 4.49. The van der Waals surface area contributed by atoms with Crippen LogP contribution >= 0.6 is 0 Å². The van der Waals surface area contributed by atoms with E-state index in [4.69, 9.17) is 13.1 Å². The lowest BCUT2D eigenvalue weighted by atomic mass is 10.1. The molecule has 1 N–H and O–H groups in total. The third-order valence-corrected chi connectivity index (χ3v) is 3.63. The minimum absolute atomic E-state index is 0.221. The molecule has 1 rings (SSSR count). The molecule has 8 heteroatoms. The maximum absolute atomic E-state index is 11.4. The molecule has 0 saturated carbocycles. The Morgan fingerprint density at radius 2 is 2.13 bits per heavy atom. The van der Waals surface area contributed by atoms with Gasteiger partial charge in [0.25, 0.3) is 0 Å². The lowest BCUT2D eigenvalue weighted by Crippen LogP contribution is -2.54. The minimum Gasteiger partial charge on any atom is -0.481 e. The van der Waals surface area contributed by atoms with Gasteiger partial charge in [0, 0.05) is 25.7 Å². The average molecular weight is 232 g/mol. The summed E-state index contributed by atoms with van der Waals surface area (Å²) in [4.78, 5) is 12.0. The lowest BCUT2D eigenvalue weighted by Gasteiger charge is -2.38. The number of hydrogen-bond acceptors (Lipinski definition) is 4. The Kier molecular flexibility index (Phi) is 3.74. The number of hydrogen-bond donors (Lipinski definition) is 1. The van der Waals surface area contributed by atoms with E-state index in [9.17, 15) is 13.2 Å². The highest BCUT2D eigenvalue weighted by molar-refractivity contribution is 7.88. The summed E-state index contributed by atoms with van der Waals surface area (Å²) < 4.78 is 23.9. The largest absolute Gasteiger partial charge is 0.481 e. The van der Waals surface area contributed by atoms with Crippen LogP contribution in [0.2, 0.25) is 0 Å². The summed E-state index contributed by atoms with van der Waals surface area (Å²) in [7, 11) is 2.17. The van der Waals surface area contributed by atoms with Gasteiger partial charge in [0.15, 0.2) is 7.98 Å². The van der Waals surface area contributed by atoms with E-state index in [0.29, 0.717) is 6.54 Å². The molecule has 0 amide bonds. The maximum Gasteiger partial charge on any atom is 0.305 e. The van der Waals surface area contributed by atoms with Crippen LogP contribution in [0.5, 0.6) is 0 Å². The molecule has 1 aliphatic heterocycles.